The van der Waals surface area contributed by atoms with Gasteiger partial charge in [0.2, 0.25) is 0 Å². The van der Waals surface area contributed by atoms with Gasteiger partial charge < -0.3 is 14.9 Å². The highest BCUT2D eigenvalue weighted by molar-refractivity contribution is 5.89. The van der Waals surface area contributed by atoms with Crippen molar-refractivity contribution < 1.29 is 24.5 Å². The van der Waals surface area contributed by atoms with E-state index in [9.17, 15) is 9.59 Å². The third-order valence-electron chi connectivity index (χ3n) is 7.45. The van der Waals surface area contributed by atoms with Crippen LogP contribution in [0.15, 0.2) is 47.6 Å². The van der Waals surface area contributed by atoms with Gasteiger partial charge in [-0.1, -0.05) is 69.1 Å². The molecule has 0 aromatic rings. The van der Waals surface area contributed by atoms with E-state index in [0.29, 0.717) is 17.3 Å². The maximum absolute atomic E-state index is 11.6. The summed E-state index contributed by atoms with van der Waals surface area (Å²) < 4.78 is 10.3. The Bertz CT molecular complexity index is 1190. The average Bonchev–Trinajstić information content (AvgIpc) is 2.82. The van der Waals surface area contributed by atoms with Gasteiger partial charge in [-0.2, -0.15) is 0 Å². The van der Waals surface area contributed by atoms with Gasteiger partial charge in [0.1, 0.15) is 12.2 Å². The number of hydrogen-bond acceptors (Lipinski definition) is 4. The summed E-state index contributed by atoms with van der Waals surface area (Å²) in [5, 5.41) is 0. The van der Waals surface area contributed by atoms with Gasteiger partial charge in [-0.25, -0.2) is 4.79 Å². The summed E-state index contributed by atoms with van der Waals surface area (Å²) >= 11 is 0. The van der Waals surface area contributed by atoms with E-state index in [2.05, 4.69) is 101 Å². The van der Waals surface area contributed by atoms with Crippen molar-refractivity contribution in [3.05, 3.63) is 47.6 Å². The van der Waals surface area contributed by atoms with Gasteiger partial charge in [0, 0.05) is 24.7 Å². The molecular weight excluding hydrogens is 512 g/mol. The summed E-state index contributed by atoms with van der Waals surface area (Å²) in [6.45, 7) is 20.4. The molecule has 0 aromatic carbocycles. The summed E-state index contributed by atoms with van der Waals surface area (Å²) in [6.07, 6.45) is 17.1. The van der Waals surface area contributed by atoms with Crippen molar-refractivity contribution >= 4 is 11.9 Å². The topological polar surface area (TPSA) is 84.1 Å². The number of carbonyl (C=O) groups is 2. The zero-order valence-corrected chi connectivity index (χ0v) is 26.7. The summed E-state index contributed by atoms with van der Waals surface area (Å²) in [5.41, 5.74) is 3.33. The molecular formula is C36H50O5. The van der Waals surface area contributed by atoms with Crippen LogP contribution in [0.2, 0.25) is 0 Å². The van der Waals surface area contributed by atoms with Crippen LogP contribution in [0.25, 0.3) is 0 Å². The second-order valence-electron chi connectivity index (χ2n) is 12.0. The lowest BCUT2D eigenvalue weighted by Gasteiger charge is -2.36. The fourth-order valence-corrected chi connectivity index (χ4v) is 5.25. The third kappa shape index (κ3) is 14.1. The molecule has 0 saturated heterocycles. The number of hydrogen-bond donors (Lipinski definition) is 0. The van der Waals surface area contributed by atoms with Crippen molar-refractivity contribution in [2.24, 2.45) is 22.7 Å². The van der Waals surface area contributed by atoms with E-state index in [0.717, 1.165) is 12.8 Å². The van der Waals surface area contributed by atoms with Gasteiger partial charge in [-0.15, -0.1) is 0 Å². The molecule has 2 aliphatic carbocycles. The Balaban J connectivity index is 0.000000794. The maximum atomic E-state index is 11.6. The van der Waals surface area contributed by atoms with Gasteiger partial charge >= 0.3 is 11.9 Å². The molecule has 0 heterocycles. The van der Waals surface area contributed by atoms with Gasteiger partial charge in [0.15, 0.2) is 0 Å². The molecule has 0 radical (unpaired) electrons. The molecule has 2 N–H and O–H groups in total. The molecule has 0 saturated carbocycles. The van der Waals surface area contributed by atoms with E-state index >= 15 is 0 Å². The first kappa shape index (κ1) is 37.5. The van der Waals surface area contributed by atoms with Gasteiger partial charge in [-0.05, 0) is 107 Å². The Morgan fingerprint density at radius 2 is 1.27 bits per heavy atom. The molecule has 41 heavy (non-hydrogen) atoms. The van der Waals surface area contributed by atoms with E-state index in [1.54, 1.807) is 6.92 Å². The Morgan fingerprint density at radius 3 is 1.68 bits per heavy atom. The Kier molecular flexibility index (Phi) is 16.5. The van der Waals surface area contributed by atoms with E-state index in [1.165, 1.54) is 30.9 Å². The standard InChI is InChI=1S/C21H24O2.C15H24O2.H2O/c1-6-7-8-9-10-13-20(22)23-18(3)14-15-19-17(2)12-11-16-21(19,4)5;1-11-7-6-10-15(4,5)14(11)9-8-12(2)17-13(3)16;/h12,14-15,18-19H,11,16H2,1-5H3;7-9,12,14H,6,10H2,1-5H3;1H2/b15-14+;9-8+;. The summed E-state index contributed by atoms with van der Waals surface area (Å²) in [6, 6.07) is 0. The van der Waals surface area contributed by atoms with Crippen molar-refractivity contribution in [1.82, 2.24) is 0 Å². The van der Waals surface area contributed by atoms with Crippen LogP contribution in [0.5, 0.6) is 0 Å². The van der Waals surface area contributed by atoms with E-state index < -0.39 is 5.97 Å². The minimum atomic E-state index is -0.573. The highest BCUT2D eigenvalue weighted by Gasteiger charge is 2.31. The number of allylic oxidation sites excluding steroid dienone is 6. The quantitative estimate of drug-likeness (QED) is 0.152. The monoisotopic (exact) mass is 562 g/mol. The van der Waals surface area contributed by atoms with E-state index in [-0.39, 0.29) is 29.1 Å². The predicted molar refractivity (Wildman–Crippen MR) is 168 cm³/mol. The van der Waals surface area contributed by atoms with Crippen LogP contribution < -0.4 is 0 Å². The number of carbonyl (C=O) groups excluding carboxylic acids is 2. The molecule has 0 amide bonds. The molecule has 0 spiro atoms. The molecule has 0 aromatic heterocycles. The minimum absolute atomic E-state index is 0. The first-order valence-corrected chi connectivity index (χ1v) is 14.2. The van der Waals surface area contributed by atoms with Crippen molar-refractivity contribution in [1.29, 1.82) is 0 Å². The van der Waals surface area contributed by atoms with Crippen LogP contribution in [0.4, 0.5) is 0 Å². The van der Waals surface area contributed by atoms with Crippen LogP contribution in [0.1, 0.15) is 94.9 Å². The molecule has 0 fully saturated rings. The molecule has 5 nitrogen and oxygen atoms in total. The lowest BCUT2D eigenvalue weighted by Crippen LogP contribution is -2.26. The average molecular weight is 563 g/mol. The molecule has 224 valence electrons. The van der Waals surface area contributed by atoms with Gasteiger partial charge in [0.05, 0.1) is 0 Å². The Hall–Kier alpha value is -3.46. The van der Waals surface area contributed by atoms with Crippen LogP contribution in [0, 0.1) is 58.2 Å². The first-order valence-electron chi connectivity index (χ1n) is 14.2. The minimum Gasteiger partial charge on any atom is -0.459 e. The molecule has 0 bridgehead atoms. The SMILES string of the molecule is CC#CC#CC#CC(=O)OC(C)/C=C/C1C(C)=CCCC1(C)C.CC(=O)OC(C)/C=C/C1C(C)=CCCC1(C)C.O. The van der Waals surface area contributed by atoms with Crippen LogP contribution in [0.3, 0.4) is 0 Å². The highest BCUT2D eigenvalue weighted by atomic mass is 16.5. The normalized spacial score (nSPS) is 21.7. The number of rotatable bonds is 6. The van der Waals surface area contributed by atoms with E-state index in [4.69, 9.17) is 9.47 Å². The summed E-state index contributed by atoms with van der Waals surface area (Å²) in [4.78, 5) is 22.4. The zero-order chi connectivity index (χ0) is 30.3. The van der Waals surface area contributed by atoms with Crippen LogP contribution >= 0.6 is 0 Å². The van der Waals surface area contributed by atoms with Crippen molar-refractivity contribution in [2.45, 2.75) is 107 Å². The number of ether oxygens (including phenoxy) is 2. The molecule has 5 heteroatoms. The Morgan fingerprint density at radius 1 is 0.829 bits per heavy atom. The second kappa shape index (κ2) is 18.1. The van der Waals surface area contributed by atoms with Crippen LogP contribution in [-0.2, 0) is 19.1 Å². The lowest BCUT2D eigenvalue weighted by atomic mass is 9.68. The molecule has 2 aliphatic rings. The Labute approximate surface area is 249 Å². The van der Waals surface area contributed by atoms with E-state index in [1.807, 2.05) is 26.0 Å². The number of esters is 2. The summed E-state index contributed by atoms with van der Waals surface area (Å²) in [7, 11) is 0. The van der Waals surface area contributed by atoms with Gasteiger partial charge in [-0.3, -0.25) is 4.79 Å². The molecule has 0 aliphatic heterocycles. The first-order chi connectivity index (χ1) is 18.7. The fraction of sp³-hybridized carbons (Fsp3) is 0.556. The molecule has 4 unspecified atom stereocenters. The maximum Gasteiger partial charge on any atom is 0.385 e. The highest BCUT2D eigenvalue weighted by Crippen LogP contribution is 2.42. The molecule has 4 atom stereocenters. The van der Waals surface area contributed by atoms with Crippen molar-refractivity contribution in [3.8, 4) is 35.5 Å². The molecule has 2 rings (SSSR count). The predicted octanol–water partition coefficient (Wildman–Crippen LogP) is 6.94. The third-order valence-corrected chi connectivity index (χ3v) is 7.45. The smallest absolute Gasteiger partial charge is 0.385 e. The largest absolute Gasteiger partial charge is 0.459 e. The lowest BCUT2D eigenvalue weighted by molar-refractivity contribution is -0.143. The zero-order valence-electron chi connectivity index (χ0n) is 26.7. The van der Waals surface area contributed by atoms with Crippen LogP contribution in [-0.4, -0.2) is 29.6 Å². The summed E-state index contributed by atoms with van der Waals surface area (Å²) in [5.74, 6) is 15.0. The van der Waals surface area contributed by atoms with Crippen molar-refractivity contribution in [2.75, 3.05) is 0 Å². The van der Waals surface area contributed by atoms with Gasteiger partial charge in [0.25, 0.3) is 0 Å². The second-order valence-corrected chi connectivity index (χ2v) is 12.0. The fourth-order valence-electron chi connectivity index (χ4n) is 5.25. The van der Waals surface area contributed by atoms with Crippen molar-refractivity contribution in [3.63, 3.8) is 0 Å².